The number of carbonyl (C=O) groups is 1. The number of carboxylic acids is 1. The fourth-order valence-electron chi connectivity index (χ4n) is 3.13. The topological polar surface area (TPSA) is 177 Å². The van der Waals surface area contributed by atoms with Crippen LogP contribution in [0.15, 0.2) is 46.8 Å². The molecule has 0 aliphatic carbocycles. The highest BCUT2D eigenvalue weighted by Gasteiger charge is 2.37. The van der Waals surface area contributed by atoms with Gasteiger partial charge in [0.2, 0.25) is 0 Å². The summed E-state index contributed by atoms with van der Waals surface area (Å²) in [6.07, 6.45) is 0.361. The van der Waals surface area contributed by atoms with Crippen LogP contribution in [0.2, 0.25) is 0 Å². The van der Waals surface area contributed by atoms with Gasteiger partial charge >= 0.3 is 13.8 Å². The summed E-state index contributed by atoms with van der Waals surface area (Å²) in [7, 11) is -4.68. The second kappa shape index (κ2) is 8.63. The van der Waals surface area contributed by atoms with E-state index in [2.05, 4.69) is 19.5 Å². The molecule has 0 bridgehead atoms. The normalized spacial score (nSPS) is 21.6. The van der Waals surface area contributed by atoms with Crippen molar-refractivity contribution < 1.29 is 38.6 Å². The highest BCUT2D eigenvalue weighted by atomic mass is 32.2. The van der Waals surface area contributed by atoms with Crippen molar-refractivity contribution >= 4 is 36.7 Å². The quantitative estimate of drug-likeness (QED) is 0.290. The lowest BCUT2D eigenvalue weighted by Gasteiger charge is -2.16. The van der Waals surface area contributed by atoms with Gasteiger partial charge in [-0.1, -0.05) is 17.8 Å². The Labute approximate surface area is 179 Å². The number of carboxylic acid groups (broad SMARTS) is 1. The molecule has 0 spiro atoms. The molecule has 3 aromatic rings. The molecule has 4 rings (SSSR count). The van der Waals surface area contributed by atoms with Crippen LogP contribution in [0.3, 0.4) is 0 Å². The summed E-state index contributed by atoms with van der Waals surface area (Å²) in [5, 5.41) is 19.8. The molecule has 4 N–H and O–H groups in total. The van der Waals surface area contributed by atoms with Crippen LogP contribution in [-0.2, 0) is 13.8 Å². The van der Waals surface area contributed by atoms with Crippen LogP contribution in [0, 0.1) is 0 Å². The lowest BCUT2D eigenvalue weighted by molar-refractivity contribution is -0.0424. The zero-order valence-electron chi connectivity index (χ0n) is 15.7. The van der Waals surface area contributed by atoms with Crippen molar-refractivity contribution in [3.63, 3.8) is 0 Å². The van der Waals surface area contributed by atoms with E-state index in [1.807, 2.05) is 0 Å². The third kappa shape index (κ3) is 4.93. The number of aromatic carboxylic acids is 1. The van der Waals surface area contributed by atoms with Crippen LogP contribution in [0.25, 0.3) is 11.2 Å². The van der Waals surface area contributed by atoms with Gasteiger partial charge in [-0.3, -0.25) is 9.09 Å². The molecule has 2 aromatic heterocycles. The monoisotopic (exact) mass is 468 g/mol. The smallest absolute Gasteiger partial charge is 0.469 e. The molecule has 1 fully saturated rings. The minimum atomic E-state index is -4.68. The van der Waals surface area contributed by atoms with Gasteiger partial charge in [0, 0.05) is 11.3 Å². The highest BCUT2D eigenvalue weighted by Crippen LogP contribution is 2.39. The highest BCUT2D eigenvalue weighted by molar-refractivity contribution is 7.99. The fraction of sp³-hybridized carbons (Fsp3) is 0.294. The van der Waals surface area contributed by atoms with Crippen LogP contribution in [0.5, 0.6) is 0 Å². The van der Waals surface area contributed by atoms with Gasteiger partial charge in [0.05, 0.1) is 24.6 Å². The summed E-state index contributed by atoms with van der Waals surface area (Å²) >= 11 is 1.23. The summed E-state index contributed by atoms with van der Waals surface area (Å²) < 4.78 is 22.6. The first-order chi connectivity index (χ1) is 14.7. The minimum absolute atomic E-state index is 0.147. The number of aliphatic hydroxyl groups is 1. The molecule has 12 nitrogen and oxygen atoms in total. The lowest BCUT2D eigenvalue weighted by Crippen LogP contribution is -2.25. The van der Waals surface area contributed by atoms with Crippen molar-refractivity contribution in [3.8, 4) is 0 Å². The Morgan fingerprint density at radius 2 is 2.13 bits per heavy atom. The molecule has 14 heteroatoms. The maximum atomic E-state index is 11.2. The Kier molecular flexibility index (Phi) is 6.08. The number of phosphoric ester groups is 1. The van der Waals surface area contributed by atoms with Crippen LogP contribution < -0.4 is 0 Å². The number of phosphoric acid groups is 1. The second-order valence-corrected chi connectivity index (χ2v) is 8.96. The van der Waals surface area contributed by atoms with E-state index in [4.69, 9.17) is 19.6 Å². The maximum Gasteiger partial charge on any atom is 0.469 e. The lowest BCUT2D eigenvalue weighted by atomic mass is 10.2. The predicted molar refractivity (Wildman–Crippen MR) is 105 cm³/mol. The van der Waals surface area contributed by atoms with Crippen molar-refractivity contribution in [2.24, 2.45) is 0 Å². The molecule has 1 aliphatic heterocycles. The van der Waals surface area contributed by atoms with Gasteiger partial charge in [0.25, 0.3) is 0 Å². The summed E-state index contributed by atoms with van der Waals surface area (Å²) in [5.74, 6) is -1.03. The summed E-state index contributed by atoms with van der Waals surface area (Å²) in [6.45, 7) is -0.468. The molecule has 0 radical (unpaired) electrons. The van der Waals surface area contributed by atoms with E-state index >= 15 is 0 Å². The average Bonchev–Trinajstić information content (AvgIpc) is 3.30. The van der Waals surface area contributed by atoms with E-state index in [1.165, 1.54) is 36.5 Å². The van der Waals surface area contributed by atoms with E-state index in [-0.39, 0.29) is 12.0 Å². The number of aromatic nitrogens is 4. The minimum Gasteiger partial charge on any atom is -0.478 e. The summed E-state index contributed by atoms with van der Waals surface area (Å²) in [5.41, 5.74) is 1.04. The van der Waals surface area contributed by atoms with Gasteiger partial charge in [-0.25, -0.2) is 24.3 Å². The van der Waals surface area contributed by atoms with E-state index in [0.29, 0.717) is 21.1 Å². The molecular formula is C17H17N4O8PS. The first-order valence-electron chi connectivity index (χ1n) is 8.93. The Hall–Kier alpha value is -2.38. The fourth-order valence-corrected chi connectivity index (χ4v) is 4.36. The van der Waals surface area contributed by atoms with Crippen LogP contribution in [0.1, 0.15) is 23.0 Å². The third-order valence-electron chi connectivity index (χ3n) is 4.54. The maximum absolute atomic E-state index is 11.2. The van der Waals surface area contributed by atoms with Gasteiger partial charge in [0.1, 0.15) is 29.2 Å². The first kappa shape index (κ1) is 21.8. The number of ether oxygens (including phenoxy) is 1. The zero-order valence-corrected chi connectivity index (χ0v) is 17.4. The Morgan fingerprint density at radius 1 is 1.32 bits per heavy atom. The molecule has 3 heterocycles. The molecule has 1 aromatic carbocycles. The Bertz CT molecular complexity index is 1170. The molecule has 1 aliphatic rings. The van der Waals surface area contributed by atoms with E-state index in [0.717, 1.165) is 0 Å². The Morgan fingerprint density at radius 3 is 2.87 bits per heavy atom. The van der Waals surface area contributed by atoms with Crippen molar-refractivity contribution in [3.05, 3.63) is 42.5 Å². The molecular weight excluding hydrogens is 451 g/mol. The van der Waals surface area contributed by atoms with Crippen molar-refractivity contribution in [1.29, 1.82) is 0 Å². The second-order valence-electron chi connectivity index (χ2n) is 6.66. The van der Waals surface area contributed by atoms with Gasteiger partial charge in [0.15, 0.2) is 5.65 Å². The van der Waals surface area contributed by atoms with E-state index < -0.39 is 38.8 Å². The molecule has 31 heavy (non-hydrogen) atoms. The number of rotatable bonds is 7. The molecule has 3 atom stereocenters. The molecule has 0 unspecified atom stereocenters. The Balaban J connectivity index is 1.56. The zero-order chi connectivity index (χ0) is 22.2. The number of hydrogen-bond acceptors (Lipinski definition) is 9. The number of aliphatic hydroxyl groups excluding tert-OH is 1. The first-order valence-corrected chi connectivity index (χ1v) is 11.3. The largest absolute Gasteiger partial charge is 0.478 e. The SMILES string of the molecule is O=C(O)c1cccc(Sc2ncnc3c2ncn3[C@H]2C[C@@H](O)[C@@H](COP(=O)(O)O)O2)c1. The van der Waals surface area contributed by atoms with Crippen molar-refractivity contribution in [1.82, 2.24) is 19.5 Å². The molecule has 164 valence electrons. The number of imidazole rings is 1. The van der Waals surface area contributed by atoms with E-state index in [9.17, 15) is 14.5 Å². The molecule has 0 amide bonds. The summed E-state index contributed by atoms with van der Waals surface area (Å²) in [6, 6.07) is 6.41. The van der Waals surface area contributed by atoms with E-state index in [1.54, 1.807) is 16.7 Å². The number of nitrogens with zero attached hydrogens (tertiary/aromatic N) is 4. The van der Waals surface area contributed by atoms with Crippen molar-refractivity contribution in [2.75, 3.05) is 6.61 Å². The van der Waals surface area contributed by atoms with Crippen LogP contribution >= 0.6 is 19.6 Å². The van der Waals surface area contributed by atoms with Crippen LogP contribution in [-0.4, -0.2) is 64.3 Å². The standard InChI is InChI=1S/C17H17N4O8PS/c22-11-5-13(29-12(11)6-28-30(25,26)27)21-8-20-14-15(21)18-7-19-16(14)31-10-3-1-2-9(4-10)17(23)24/h1-4,7-8,11-13,22H,5-6H2,(H,23,24)(H2,25,26,27)/t11-,12-,13-/m1/s1. The van der Waals surface area contributed by atoms with Gasteiger partial charge < -0.3 is 24.7 Å². The summed E-state index contributed by atoms with van der Waals surface area (Å²) in [4.78, 5) is 42.3. The number of fused-ring (bicyclic) bond motifs is 1. The van der Waals surface area contributed by atoms with Gasteiger partial charge in [-0.05, 0) is 18.2 Å². The van der Waals surface area contributed by atoms with Gasteiger partial charge in [-0.2, -0.15) is 0 Å². The molecule has 0 saturated carbocycles. The van der Waals surface area contributed by atoms with Gasteiger partial charge in [-0.15, -0.1) is 0 Å². The van der Waals surface area contributed by atoms with Crippen LogP contribution in [0.4, 0.5) is 0 Å². The predicted octanol–water partition coefficient (Wildman–Crippen LogP) is 1.43. The van der Waals surface area contributed by atoms with Crippen molar-refractivity contribution in [2.45, 2.75) is 34.8 Å². The average molecular weight is 468 g/mol. The number of hydrogen-bond donors (Lipinski definition) is 4. The molecule has 1 saturated heterocycles. The number of benzene rings is 1. The third-order valence-corrected chi connectivity index (χ3v) is 6.01.